The highest BCUT2D eigenvalue weighted by Gasteiger charge is 2.29. The van der Waals surface area contributed by atoms with Gasteiger partial charge in [0.15, 0.2) is 0 Å². The summed E-state index contributed by atoms with van der Waals surface area (Å²) < 4.78 is 36.3. The van der Waals surface area contributed by atoms with E-state index in [2.05, 4.69) is 0 Å². The minimum absolute atomic E-state index is 0.0308. The van der Waals surface area contributed by atoms with Crippen LogP contribution < -0.4 is 16.0 Å². The summed E-state index contributed by atoms with van der Waals surface area (Å²) in [6.45, 7) is -1.38. The van der Waals surface area contributed by atoms with E-state index >= 15 is 0 Å². The molecule has 0 aliphatic rings. The zero-order valence-corrected chi connectivity index (χ0v) is 10.6. The van der Waals surface area contributed by atoms with Crippen LogP contribution in [0.3, 0.4) is 0 Å². The van der Waals surface area contributed by atoms with Crippen molar-refractivity contribution in [3.8, 4) is 0 Å². The van der Waals surface area contributed by atoms with Crippen molar-refractivity contribution in [3.05, 3.63) is 30.3 Å². The van der Waals surface area contributed by atoms with Crippen LogP contribution in [0.4, 0.5) is 23.7 Å². The van der Waals surface area contributed by atoms with Crippen molar-refractivity contribution < 1.29 is 18.0 Å². The van der Waals surface area contributed by atoms with Crippen LogP contribution in [0.5, 0.6) is 0 Å². The molecule has 1 aromatic carbocycles. The normalized spacial score (nSPS) is 10.9. The van der Waals surface area contributed by atoms with E-state index in [-0.39, 0.29) is 18.8 Å². The number of urea groups is 1. The molecule has 1 rings (SSSR count). The Hall–Kier alpha value is -2.25. The first kappa shape index (κ1) is 15.8. The highest BCUT2D eigenvalue weighted by molar-refractivity contribution is 5.92. The number of anilines is 1. The largest absolute Gasteiger partial charge is 0.405 e. The molecule has 0 aromatic heterocycles. The van der Waals surface area contributed by atoms with Gasteiger partial charge in [0.25, 0.3) is 0 Å². The van der Waals surface area contributed by atoms with Crippen molar-refractivity contribution >= 4 is 17.6 Å². The molecular formula is C12H15F3N4O. The number of halogens is 3. The van der Waals surface area contributed by atoms with Gasteiger partial charge in [0, 0.05) is 18.7 Å². The number of para-hydroxylation sites is 1. The SMILES string of the molecule is N=C(N)CCN(C(=O)NCC(F)(F)F)c1ccccc1. The second-order valence-corrected chi connectivity index (χ2v) is 4.04. The number of amidine groups is 1. The Balaban J connectivity index is 2.77. The molecule has 4 N–H and O–H groups in total. The maximum Gasteiger partial charge on any atom is 0.405 e. The molecule has 8 heteroatoms. The van der Waals surface area contributed by atoms with Gasteiger partial charge in [-0.15, -0.1) is 0 Å². The summed E-state index contributed by atoms with van der Waals surface area (Å²) in [6, 6.07) is 7.34. The van der Waals surface area contributed by atoms with Gasteiger partial charge in [0.2, 0.25) is 0 Å². The molecule has 110 valence electrons. The van der Waals surface area contributed by atoms with Crippen LogP contribution in [-0.2, 0) is 0 Å². The summed E-state index contributed by atoms with van der Waals surface area (Å²) in [4.78, 5) is 12.9. The topological polar surface area (TPSA) is 82.2 Å². The molecule has 0 unspecified atom stereocenters. The quantitative estimate of drug-likeness (QED) is 0.572. The minimum Gasteiger partial charge on any atom is -0.388 e. The fourth-order valence-electron chi connectivity index (χ4n) is 1.46. The molecule has 0 saturated carbocycles. The molecule has 0 spiro atoms. The standard InChI is InChI=1S/C12H15F3N4O/c13-12(14,15)8-18-11(20)19(7-6-10(16)17)9-4-2-1-3-5-9/h1-5H,6-8H2,(H3,16,17)(H,18,20). The molecule has 0 fully saturated rings. The zero-order chi connectivity index (χ0) is 15.2. The van der Waals surface area contributed by atoms with Crippen molar-refractivity contribution in [2.24, 2.45) is 5.73 Å². The van der Waals surface area contributed by atoms with Crippen LogP contribution in [0, 0.1) is 5.41 Å². The molecule has 2 amide bonds. The zero-order valence-electron chi connectivity index (χ0n) is 10.6. The van der Waals surface area contributed by atoms with Gasteiger partial charge in [-0.1, -0.05) is 18.2 Å². The van der Waals surface area contributed by atoms with Crippen molar-refractivity contribution in [2.75, 3.05) is 18.0 Å². The van der Waals surface area contributed by atoms with E-state index in [4.69, 9.17) is 11.1 Å². The summed E-state index contributed by atoms with van der Waals surface area (Å²) >= 11 is 0. The molecule has 5 nitrogen and oxygen atoms in total. The average Bonchev–Trinajstić information content (AvgIpc) is 2.36. The van der Waals surface area contributed by atoms with Crippen LogP contribution >= 0.6 is 0 Å². The predicted octanol–water partition coefficient (Wildman–Crippen LogP) is 2.09. The Morgan fingerprint density at radius 2 is 1.90 bits per heavy atom. The highest BCUT2D eigenvalue weighted by atomic mass is 19.4. The van der Waals surface area contributed by atoms with Gasteiger partial charge in [-0.25, -0.2) is 4.79 Å². The molecule has 0 aliphatic heterocycles. The lowest BCUT2D eigenvalue weighted by atomic mass is 10.2. The molecule has 0 heterocycles. The van der Waals surface area contributed by atoms with E-state index in [0.29, 0.717) is 5.69 Å². The summed E-state index contributed by atoms with van der Waals surface area (Å²) in [7, 11) is 0. The smallest absolute Gasteiger partial charge is 0.388 e. The van der Waals surface area contributed by atoms with E-state index < -0.39 is 18.8 Å². The minimum atomic E-state index is -4.47. The monoisotopic (exact) mass is 288 g/mol. The van der Waals surface area contributed by atoms with Crippen molar-refractivity contribution in [1.82, 2.24) is 5.32 Å². The number of amides is 2. The molecule has 20 heavy (non-hydrogen) atoms. The number of nitrogens with one attached hydrogen (secondary N) is 2. The molecule has 0 atom stereocenters. The van der Waals surface area contributed by atoms with Crippen molar-refractivity contribution in [3.63, 3.8) is 0 Å². The van der Waals surface area contributed by atoms with Crippen LogP contribution in [0.25, 0.3) is 0 Å². The second kappa shape index (κ2) is 6.78. The summed E-state index contributed by atoms with van der Waals surface area (Å²) in [5.74, 6) is -0.144. The number of carbonyl (C=O) groups excluding carboxylic acids is 1. The molecular weight excluding hydrogens is 273 g/mol. The van der Waals surface area contributed by atoms with Crippen molar-refractivity contribution in [1.29, 1.82) is 5.41 Å². The van der Waals surface area contributed by atoms with Crippen LogP contribution in [0.15, 0.2) is 30.3 Å². The van der Waals surface area contributed by atoms with Gasteiger partial charge in [0.1, 0.15) is 6.54 Å². The van der Waals surface area contributed by atoms with Crippen LogP contribution in [0.1, 0.15) is 6.42 Å². The van der Waals surface area contributed by atoms with Crippen LogP contribution in [-0.4, -0.2) is 31.1 Å². The lowest BCUT2D eigenvalue weighted by molar-refractivity contribution is -0.122. The summed E-state index contributed by atoms with van der Waals surface area (Å²) in [5.41, 5.74) is 5.65. The lowest BCUT2D eigenvalue weighted by Gasteiger charge is -2.23. The fraction of sp³-hybridized carbons (Fsp3) is 0.333. The van der Waals surface area contributed by atoms with Gasteiger partial charge in [0.05, 0.1) is 5.84 Å². The first-order valence-electron chi connectivity index (χ1n) is 5.79. The van der Waals surface area contributed by atoms with E-state index in [1.807, 2.05) is 0 Å². The Bertz CT molecular complexity index is 462. The van der Waals surface area contributed by atoms with Gasteiger partial charge in [-0.3, -0.25) is 10.3 Å². The summed E-state index contributed by atoms with van der Waals surface area (Å²) in [5, 5.41) is 8.93. The van der Waals surface area contributed by atoms with Crippen LogP contribution in [0.2, 0.25) is 0 Å². The molecule has 1 aromatic rings. The molecule has 0 bridgehead atoms. The Morgan fingerprint density at radius 1 is 1.30 bits per heavy atom. The predicted molar refractivity (Wildman–Crippen MR) is 69.8 cm³/mol. The Labute approximate surface area is 114 Å². The summed E-state index contributed by atoms with van der Waals surface area (Å²) in [6.07, 6.45) is -4.40. The average molecular weight is 288 g/mol. The van der Waals surface area contributed by atoms with Gasteiger partial charge >= 0.3 is 12.2 Å². The number of nitrogens with two attached hydrogens (primary N) is 1. The third-order valence-electron chi connectivity index (χ3n) is 2.36. The molecule has 0 radical (unpaired) electrons. The van der Waals surface area contributed by atoms with Gasteiger partial charge < -0.3 is 11.1 Å². The van der Waals surface area contributed by atoms with E-state index in [1.165, 1.54) is 0 Å². The van der Waals surface area contributed by atoms with E-state index in [1.54, 1.807) is 35.6 Å². The number of alkyl halides is 3. The fourth-order valence-corrected chi connectivity index (χ4v) is 1.46. The van der Waals surface area contributed by atoms with Crippen molar-refractivity contribution in [2.45, 2.75) is 12.6 Å². The number of carbonyl (C=O) groups is 1. The third kappa shape index (κ3) is 5.59. The molecule has 0 saturated heterocycles. The second-order valence-electron chi connectivity index (χ2n) is 4.04. The first-order valence-corrected chi connectivity index (χ1v) is 5.79. The number of rotatable bonds is 5. The Kier molecular flexibility index (Phi) is 5.36. The van der Waals surface area contributed by atoms with E-state index in [9.17, 15) is 18.0 Å². The number of hydrogen-bond donors (Lipinski definition) is 3. The van der Waals surface area contributed by atoms with Gasteiger partial charge in [-0.2, -0.15) is 13.2 Å². The third-order valence-corrected chi connectivity index (χ3v) is 2.36. The maximum atomic E-state index is 12.1. The lowest BCUT2D eigenvalue weighted by Crippen LogP contribution is -2.45. The van der Waals surface area contributed by atoms with Gasteiger partial charge in [-0.05, 0) is 12.1 Å². The number of nitrogens with zero attached hydrogens (tertiary/aromatic N) is 1. The Morgan fingerprint density at radius 3 is 2.40 bits per heavy atom. The molecule has 0 aliphatic carbocycles. The number of hydrogen-bond acceptors (Lipinski definition) is 2. The number of benzene rings is 1. The highest BCUT2D eigenvalue weighted by Crippen LogP contribution is 2.16. The maximum absolute atomic E-state index is 12.1. The van der Waals surface area contributed by atoms with E-state index in [0.717, 1.165) is 4.90 Å². The first-order chi connectivity index (χ1) is 9.29.